The van der Waals surface area contributed by atoms with Crippen LogP contribution in [0.4, 0.5) is 0 Å². The zero-order valence-corrected chi connectivity index (χ0v) is 14.7. The summed E-state index contributed by atoms with van der Waals surface area (Å²) in [5, 5.41) is 9.89. The van der Waals surface area contributed by atoms with E-state index in [1.807, 2.05) is 18.2 Å². The third-order valence-electron chi connectivity index (χ3n) is 5.80. The summed E-state index contributed by atoms with van der Waals surface area (Å²) in [5.74, 6) is 0.515. The smallest absolute Gasteiger partial charge is 0.156 e. The van der Waals surface area contributed by atoms with Crippen molar-refractivity contribution in [3.8, 4) is 6.07 Å². The summed E-state index contributed by atoms with van der Waals surface area (Å²) in [7, 11) is 0. The highest BCUT2D eigenvalue weighted by atomic mass is 15.0. The minimum Gasteiger partial charge on any atom is -0.296 e. The lowest BCUT2D eigenvalue weighted by Gasteiger charge is -2.28. The van der Waals surface area contributed by atoms with Gasteiger partial charge in [0.25, 0.3) is 0 Å². The van der Waals surface area contributed by atoms with E-state index in [1.54, 1.807) is 0 Å². The van der Waals surface area contributed by atoms with Crippen molar-refractivity contribution in [1.82, 2.24) is 9.38 Å². The van der Waals surface area contributed by atoms with Crippen LogP contribution in [0.25, 0.3) is 16.7 Å². The van der Waals surface area contributed by atoms with Gasteiger partial charge in [0.1, 0.15) is 6.07 Å². The second-order valence-electron chi connectivity index (χ2n) is 7.14. The Morgan fingerprint density at radius 3 is 2.62 bits per heavy atom. The van der Waals surface area contributed by atoms with E-state index in [2.05, 4.69) is 53.8 Å². The van der Waals surface area contributed by atoms with Gasteiger partial charge < -0.3 is 0 Å². The first-order valence-corrected chi connectivity index (χ1v) is 9.14. The van der Waals surface area contributed by atoms with Gasteiger partial charge in [-0.05, 0) is 60.9 Å². The molecule has 0 amide bonds. The number of benzene rings is 2. The van der Waals surface area contributed by atoms with Crippen molar-refractivity contribution in [2.45, 2.75) is 32.1 Å². The van der Waals surface area contributed by atoms with E-state index in [9.17, 15) is 5.26 Å². The van der Waals surface area contributed by atoms with E-state index in [0.717, 1.165) is 41.5 Å². The predicted octanol–water partition coefficient (Wildman–Crippen LogP) is 4.94. The largest absolute Gasteiger partial charge is 0.296 e. The molecule has 0 radical (unpaired) electrons. The van der Waals surface area contributed by atoms with Gasteiger partial charge in [-0.2, -0.15) is 5.26 Å². The van der Waals surface area contributed by atoms with Crippen molar-refractivity contribution in [3.05, 3.63) is 82.5 Å². The molecule has 3 nitrogen and oxygen atoms in total. The second kappa shape index (κ2) is 5.71. The highest BCUT2D eigenvalue weighted by Crippen LogP contribution is 2.37. The fourth-order valence-electron chi connectivity index (χ4n) is 4.51. The Balaban J connectivity index is 1.77. The molecule has 1 aliphatic rings. The summed E-state index contributed by atoms with van der Waals surface area (Å²) in [6.07, 6.45) is 3.02. The lowest BCUT2D eigenvalue weighted by atomic mass is 9.78. The highest BCUT2D eigenvalue weighted by Gasteiger charge is 2.27. The lowest BCUT2D eigenvalue weighted by molar-refractivity contribution is 0.579. The van der Waals surface area contributed by atoms with Crippen molar-refractivity contribution >= 4 is 16.7 Å². The molecule has 3 heteroatoms. The first-order valence-electron chi connectivity index (χ1n) is 9.14. The van der Waals surface area contributed by atoms with E-state index in [-0.39, 0.29) is 0 Å². The molecule has 2 aromatic heterocycles. The fourth-order valence-corrected chi connectivity index (χ4v) is 4.51. The molecule has 2 heterocycles. The van der Waals surface area contributed by atoms with Gasteiger partial charge in [0, 0.05) is 5.69 Å². The van der Waals surface area contributed by atoms with Crippen LogP contribution in [0, 0.1) is 18.3 Å². The number of para-hydroxylation sites is 2. The molecule has 26 heavy (non-hydrogen) atoms. The third-order valence-corrected chi connectivity index (χ3v) is 5.80. The quantitative estimate of drug-likeness (QED) is 0.493. The molecule has 0 saturated carbocycles. The van der Waals surface area contributed by atoms with Crippen molar-refractivity contribution < 1.29 is 0 Å². The molecule has 0 N–H and O–H groups in total. The number of rotatable bonds is 1. The van der Waals surface area contributed by atoms with Gasteiger partial charge in [-0.25, -0.2) is 4.98 Å². The number of nitrogens with zero attached hydrogens (tertiary/aromatic N) is 3. The van der Waals surface area contributed by atoms with E-state index in [1.165, 1.54) is 22.4 Å². The van der Waals surface area contributed by atoms with Gasteiger partial charge >= 0.3 is 0 Å². The zero-order valence-electron chi connectivity index (χ0n) is 14.7. The second-order valence-corrected chi connectivity index (χ2v) is 7.14. The van der Waals surface area contributed by atoms with Crippen LogP contribution in [-0.2, 0) is 12.8 Å². The van der Waals surface area contributed by atoms with Crippen molar-refractivity contribution in [2.75, 3.05) is 0 Å². The minimum atomic E-state index is 0.515. The summed E-state index contributed by atoms with van der Waals surface area (Å²) < 4.78 is 2.18. The van der Waals surface area contributed by atoms with Crippen LogP contribution < -0.4 is 0 Å². The number of aryl methyl sites for hydroxylation is 1. The molecule has 1 unspecified atom stereocenters. The SMILES string of the molecule is Cc1c2c(c(C#N)c3nc4ccccc4n13)CCC(c1ccccc1)C2. The summed E-state index contributed by atoms with van der Waals surface area (Å²) in [6.45, 7) is 2.18. The van der Waals surface area contributed by atoms with E-state index < -0.39 is 0 Å². The van der Waals surface area contributed by atoms with Crippen molar-refractivity contribution in [2.24, 2.45) is 0 Å². The molecule has 5 rings (SSSR count). The predicted molar refractivity (Wildman–Crippen MR) is 103 cm³/mol. The average Bonchev–Trinajstić information content (AvgIpc) is 3.08. The Bertz CT molecular complexity index is 1180. The molecular weight excluding hydrogens is 318 g/mol. The summed E-state index contributed by atoms with van der Waals surface area (Å²) in [4.78, 5) is 4.77. The van der Waals surface area contributed by atoms with Gasteiger partial charge in [-0.1, -0.05) is 42.5 Å². The molecule has 0 saturated heterocycles. The molecule has 0 fully saturated rings. The van der Waals surface area contributed by atoms with Gasteiger partial charge in [-0.15, -0.1) is 0 Å². The maximum Gasteiger partial charge on any atom is 0.156 e. The first-order chi connectivity index (χ1) is 12.8. The number of nitriles is 1. The number of hydrogen-bond donors (Lipinski definition) is 0. The molecule has 0 bridgehead atoms. The van der Waals surface area contributed by atoms with E-state index >= 15 is 0 Å². The molecule has 4 aromatic rings. The Hall–Kier alpha value is -3.12. The Morgan fingerprint density at radius 1 is 1.04 bits per heavy atom. The monoisotopic (exact) mass is 337 g/mol. The molecule has 1 atom stereocenters. The zero-order chi connectivity index (χ0) is 17.7. The van der Waals surface area contributed by atoms with Crippen LogP contribution in [0.5, 0.6) is 0 Å². The third kappa shape index (κ3) is 2.09. The summed E-state index contributed by atoms with van der Waals surface area (Å²) in [6, 6.07) is 21.4. The van der Waals surface area contributed by atoms with Crippen LogP contribution in [0.2, 0.25) is 0 Å². The van der Waals surface area contributed by atoms with E-state index in [4.69, 9.17) is 4.98 Å². The molecule has 2 aromatic carbocycles. The number of fused-ring (bicyclic) bond motifs is 4. The van der Waals surface area contributed by atoms with Crippen LogP contribution in [0.15, 0.2) is 54.6 Å². The first kappa shape index (κ1) is 15.2. The van der Waals surface area contributed by atoms with E-state index in [0.29, 0.717) is 5.92 Å². The summed E-state index contributed by atoms with van der Waals surface area (Å²) >= 11 is 0. The number of imidazole rings is 1. The normalized spacial score (nSPS) is 16.5. The van der Waals surface area contributed by atoms with Crippen molar-refractivity contribution in [3.63, 3.8) is 0 Å². The van der Waals surface area contributed by atoms with Gasteiger partial charge in [0.05, 0.1) is 16.6 Å². The fraction of sp³-hybridized carbons (Fsp3) is 0.217. The molecule has 1 aliphatic carbocycles. The Kier molecular flexibility index (Phi) is 3.33. The average molecular weight is 337 g/mol. The highest BCUT2D eigenvalue weighted by molar-refractivity contribution is 5.83. The topological polar surface area (TPSA) is 41.1 Å². The standard InChI is InChI=1S/C23H19N3/c1-15-19-13-17(16-7-3-2-4-8-16)11-12-18(19)20(14-24)23-25-21-9-5-6-10-22(21)26(15)23/h2-10,17H,11-13H2,1H3. The minimum absolute atomic E-state index is 0.515. The molecule has 126 valence electrons. The van der Waals surface area contributed by atoms with Crippen LogP contribution >= 0.6 is 0 Å². The maximum atomic E-state index is 9.89. The van der Waals surface area contributed by atoms with Crippen molar-refractivity contribution in [1.29, 1.82) is 5.26 Å². The Morgan fingerprint density at radius 2 is 1.81 bits per heavy atom. The summed E-state index contributed by atoms with van der Waals surface area (Å²) in [5.41, 5.74) is 8.76. The molecule has 0 aliphatic heterocycles. The Labute approximate surface area is 152 Å². The lowest BCUT2D eigenvalue weighted by Crippen LogP contribution is -2.18. The maximum absolute atomic E-state index is 9.89. The van der Waals surface area contributed by atoms with Gasteiger partial charge in [0.2, 0.25) is 0 Å². The molecular formula is C23H19N3. The molecule has 0 spiro atoms. The number of pyridine rings is 1. The number of aromatic nitrogens is 2. The van der Waals surface area contributed by atoms with Gasteiger partial charge in [-0.3, -0.25) is 4.40 Å². The van der Waals surface area contributed by atoms with Crippen LogP contribution in [0.1, 0.15) is 40.3 Å². The number of hydrogen-bond acceptors (Lipinski definition) is 2. The van der Waals surface area contributed by atoms with Crippen LogP contribution in [0.3, 0.4) is 0 Å². The van der Waals surface area contributed by atoms with Crippen LogP contribution in [-0.4, -0.2) is 9.38 Å². The van der Waals surface area contributed by atoms with Gasteiger partial charge in [0.15, 0.2) is 5.65 Å².